The van der Waals surface area contributed by atoms with Crippen molar-refractivity contribution in [2.75, 3.05) is 33.4 Å². The van der Waals surface area contributed by atoms with Gasteiger partial charge in [-0.15, -0.1) is 11.8 Å². The predicted molar refractivity (Wildman–Crippen MR) is 103 cm³/mol. The van der Waals surface area contributed by atoms with Crippen LogP contribution in [0.4, 0.5) is 0 Å². The van der Waals surface area contributed by atoms with Crippen LogP contribution in [0.3, 0.4) is 0 Å². The molecule has 2 aromatic rings. The first-order valence-electron chi connectivity index (χ1n) is 8.81. The van der Waals surface area contributed by atoms with E-state index in [1.165, 1.54) is 0 Å². The highest BCUT2D eigenvalue weighted by Gasteiger charge is 2.24. The van der Waals surface area contributed by atoms with Gasteiger partial charge in [-0.2, -0.15) is 5.10 Å². The number of likely N-dealkylation sites (N-methyl/N-ethyl adjacent to an activating group) is 1. The SMILES string of the molecule is CSc1ccccc1C(=O)N1CCCn2nc(C(O)CN(C)C)cc2C1. The average molecular weight is 375 g/mol. The zero-order valence-corrected chi connectivity index (χ0v) is 16.4. The number of aliphatic hydroxyl groups is 1. The number of aliphatic hydroxyl groups excluding tert-OH is 1. The van der Waals surface area contributed by atoms with Crippen LogP contribution < -0.4 is 0 Å². The quantitative estimate of drug-likeness (QED) is 0.814. The summed E-state index contributed by atoms with van der Waals surface area (Å²) >= 11 is 1.59. The molecule has 1 atom stereocenters. The van der Waals surface area contributed by atoms with Gasteiger partial charge in [-0.1, -0.05) is 12.1 Å². The fourth-order valence-corrected chi connectivity index (χ4v) is 3.84. The van der Waals surface area contributed by atoms with E-state index in [1.54, 1.807) is 11.8 Å². The summed E-state index contributed by atoms with van der Waals surface area (Å²) in [6, 6.07) is 9.67. The molecule has 1 aromatic heterocycles. The molecule has 1 amide bonds. The first-order valence-corrected chi connectivity index (χ1v) is 10.0. The third-order valence-electron chi connectivity index (χ3n) is 4.54. The largest absolute Gasteiger partial charge is 0.385 e. The zero-order chi connectivity index (χ0) is 18.7. The van der Waals surface area contributed by atoms with Crippen molar-refractivity contribution in [3.8, 4) is 0 Å². The molecule has 1 aromatic carbocycles. The number of amides is 1. The van der Waals surface area contributed by atoms with Crippen LogP contribution in [0.2, 0.25) is 0 Å². The van der Waals surface area contributed by atoms with Crippen LogP contribution in [-0.2, 0) is 13.1 Å². The molecule has 1 aliphatic heterocycles. The van der Waals surface area contributed by atoms with Crippen molar-refractivity contribution in [2.45, 2.75) is 30.5 Å². The van der Waals surface area contributed by atoms with Gasteiger partial charge in [-0.25, -0.2) is 0 Å². The number of benzene rings is 1. The Morgan fingerprint density at radius 3 is 2.85 bits per heavy atom. The summed E-state index contributed by atoms with van der Waals surface area (Å²) in [6.45, 7) is 2.52. The minimum absolute atomic E-state index is 0.0555. The molecule has 0 spiro atoms. The zero-order valence-electron chi connectivity index (χ0n) is 15.6. The van der Waals surface area contributed by atoms with Gasteiger partial charge >= 0.3 is 0 Å². The molecule has 140 valence electrons. The molecule has 0 aliphatic carbocycles. The van der Waals surface area contributed by atoms with Crippen LogP contribution in [0, 0.1) is 0 Å². The number of carbonyl (C=O) groups excluding carboxylic acids is 1. The molecule has 26 heavy (non-hydrogen) atoms. The first-order chi connectivity index (χ1) is 12.5. The van der Waals surface area contributed by atoms with Gasteiger partial charge in [0.2, 0.25) is 0 Å². The van der Waals surface area contributed by atoms with Crippen molar-refractivity contribution in [1.29, 1.82) is 0 Å². The lowest BCUT2D eigenvalue weighted by atomic mass is 10.2. The Morgan fingerprint density at radius 1 is 1.35 bits per heavy atom. The Balaban J connectivity index is 1.81. The maximum Gasteiger partial charge on any atom is 0.255 e. The molecule has 0 saturated heterocycles. The van der Waals surface area contributed by atoms with Crippen LogP contribution in [0.1, 0.15) is 34.3 Å². The monoisotopic (exact) mass is 374 g/mol. The van der Waals surface area contributed by atoms with E-state index >= 15 is 0 Å². The number of hydrogen-bond acceptors (Lipinski definition) is 5. The van der Waals surface area contributed by atoms with E-state index in [2.05, 4.69) is 5.10 Å². The molecular weight excluding hydrogens is 348 g/mol. The van der Waals surface area contributed by atoms with Crippen molar-refractivity contribution in [3.05, 3.63) is 47.3 Å². The van der Waals surface area contributed by atoms with Crippen molar-refractivity contribution in [1.82, 2.24) is 19.6 Å². The smallest absolute Gasteiger partial charge is 0.255 e. The Bertz CT molecular complexity index is 775. The van der Waals surface area contributed by atoms with Gasteiger partial charge in [0.05, 0.1) is 23.5 Å². The van der Waals surface area contributed by atoms with Gasteiger partial charge in [-0.3, -0.25) is 9.48 Å². The van der Waals surface area contributed by atoms with E-state index in [9.17, 15) is 9.90 Å². The number of nitrogens with zero attached hydrogens (tertiary/aromatic N) is 4. The van der Waals surface area contributed by atoms with Gasteiger partial charge < -0.3 is 14.9 Å². The molecule has 0 fully saturated rings. The number of fused-ring (bicyclic) bond motifs is 1. The Hall–Kier alpha value is -1.83. The Kier molecular flexibility index (Phi) is 6.01. The molecular formula is C19H26N4O2S. The molecule has 7 heteroatoms. The highest BCUT2D eigenvalue weighted by Crippen LogP contribution is 2.24. The molecule has 0 saturated carbocycles. The van der Waals surface area contributed by atoms with E-state index in [4.69, 9.17) is 0 Å². The van der Waals surface area contributed by atoms with Crippen molar-refractivity contribution in [2.24, 2.45) is 0 Å². The lowest BCUT2D eigenvalue weighted by molar-refractivity contribution is 0.0742. The van der Waals surface area contributed by atoms with E-state index in [0.717, 1.165) is 29.1 Å². The van der Waals surface area contributed by atoms with Crippen LogP contribution in [-0.4, -0.2) is 64.0 Å². The fraction of sp³-hybridized carbons (Fsp3) is 0.474. The van der Waals surface area contributed by atoms with Crippen molar-refractivity contribution >= 4 is 17.7 Å². The average Bonchev–Trinajstić information content (AvgIpc) is 2.92. The number of carbonyl (C=O) groups is 1. The van der Waals surface area contributed by atoms with E-state index < -0.39 is 6.10 Å². The molecule has 1 aliphatic rings. The summed E-state index contributed by atoms with van der Waals surface area (Å²) < 4.78 is 1.93. The second-order valence-corrected chi connectivity index (χ2v) is 7.69. The third-order valence-corrected chi connectivity index (χ3v) is 5.33. The van der Waals surface area contributed by atoms with Crippen LogP contribution in [0.25, 0.3) is 0 Å². The summed E-state index contributed by atoms with van der Waals surface area (Å²) in [4.78, 5) is 17.9. The summed E-state index contributed by atoms with van der Waals surface area (Å²) in [5, 5.41) is 14.9. The lowest BCUT2D eigenvalue weighted by Gasteiger charge is -2.21. The second-order valence-electron chi connectivity index (χ2n) is 6.84. The summed E-state index contributed by atoms with van der Waals surface area (Å²) in [7, 11) is 3.85. The predicted octanol–water partition coefficient (Wildman–Crippen LogP) is 2.25. The Labute approximate surface area is 158 Å². The second kappa shape index (κ2) is 8.24. The van der Waals surface area contributed by atoms with Gasteiger partial charge in [-0.05, 0) is 45.0 Å². The van der Waals surface area contributed by atoms with Gasteiger partial charge in [0.25, 0.3) is 5.91 Å². The minimum Gasteiger partial charge on any atom is -0.385 e. The van der Waals surface area contributed by atoms with Crippen LogP contribution >= 0.6 is 11.8 Å². The van der Waals surface area contributed by atoms with Gasteiger partial charge in [0, 0.05) is 24.5 Å². The number of rotatable bonds is 5. The first kappa shape index (κ1) is 18.9. The highest BCUT2D eigenvalue weighted by atomic mass is 32.2. The summed E-state index contributed by atoms with van der Waals surface area (Å²) in [5.74, 6) is 0.0555. The summed E-state index contributed by atoms with van der Waals surface area (Å²) in [6.07, 6.45) is 2.22. The maximum absolute atomic E-state index is 13.1. The minimum atomic E-state index is -0.620. The van der Waals surface area contributed by atoms with Crippen LogP contribution in [0.5, 0.6) is 0 Å². The highest BCUT2D eigenvalue weighted by molar-refractivity contribution is 7.98. The van der Waals surface area contributed by atoms with Gasteiger partial charge in [0.15, 0.2) is 0 Å². The molecule has 3 rings (SSSR count). The molecule has 0 bridgehead atoms. The standard InChI is InChI=1S/C19H26N4O2S/c1-21(2)13-17(24)16-11-14-12-22(9-6-10-23(14)20-16)19(25)15-7-4-5-8-18(15)26-3/h4-5,7-8,11,17,24H,6,9-10,12-13H2,1-3H3. The molecule has 1 N–H and O–H groups in total. The molecule has 0 radical (unpaired) electrons. The topological polar surface area (TPSA) is 61.6 Å². The van der Waals surface area contributed by atoms with Crippen LogP contribution in [0.15, 0.2) is 35.2 Å². The van der Waals surface area contributed by atoms with E-state index in [-0.39, 0.29) is 5.91 Å². The lowest BCUT2D eigenvalue weighted by Crippen LogP contribution is -2.31. The van der Waals surface area contributed by atoms with Gasteiger partial charge in [0.1, 0.15) is 6.10 Å². The number of hydrogen-bond donors (Lipinski definition) is 1. The number of aromatic nitrogens is 2. The van der Waals surface area contributed by atoms with Crippen molar-refractivity contribution in [3.63, 3.8) is 0 Å². The summed E-state index contributed by atoms with van der Waals surface area (Å²) in [5.41, 5.74) is 2.40. The Morgan fingerprint density at radius 2 is 2.12 bits per heavy atom. The van der Waals surface area contributed by atoms with E-state index in [1.807, 2.05) is 65.2 Å². The number of thioether (sulfide) groups is 1. The van der Waals surface area contributed by atoms with Crippen molar-refractivity contribution < 1.29 is 9.90 Å². The normalized spacial score (nSPS) is 15.7. The van der Waals surface area contributed by atoms with E-state index in [0.29, 0.717) is 25.3 Å². The molecule has 6 nitrogen and oxygen atoms in total. The molecule has 1 unspecified atom stereocenters. The molecule has 2 heterocycles. The fourth-order valence-electron chi connectivity index (χ4n) is 3.25. The number of aryl methyl sites for hydroxylation is 1. The third kappa shape index (κ3) is 4.11. The maximum atomic E-state index is 13.1.